The van der Waals surface area contributed by atoms with Crippen molar-refractivity contribution in [1.82, 2.24) is 0 Å². The maximum Gasteiger partial charge on any atom is 0.155 e. The van der Waals surface area contributed by atoms with Crippen LogP contribution in [-0.4, -0.2) is 13.2 Å². The fraction of sp³-hybridized carbons (Fsp3) is 0.500. The molecule has 1 saturated carbocycles. The van der Waals surface area contributed by atoms with Gasteiger partial charge in [0.25, 0.3) is 0 Å². The minimum Gasteiger partial charge on any atom is -0.490 e. The van der Waals surface area contributed by atoms with Gasteiger partial charge >= 0.3 is 0 Å². The molecule has 5 nitrogen and oxygen atoms in total. The Morgan fingerprint density at radius 2 is 2.29 bits per heavy atom. The van der Waals surface area contributed by atoms with E-state index >= 15 is 0 Å². The van der Waals surface area contributed by atoms with Crippen molar-refractivity contribution in [3.05, 3.63) is 46.4 Å². The Morgan fingerprint density at radius 1 is 1.43 bits per heavy atom. The number of rotatable bonds is 6. The number of hydrogen-bond donors (Lipinski definition) is 1. The maximum absolute atomic E-state index is 9.83. The van der Waals surface area contributed by atoms with Crippen molar-refractivity contribution in [3.8, 4) is 5.75 Å². The van der Waals surface area contributed by atoms with Gasteiger partial charge in [-0.3, -0.25) is 0 Å². The molecule has 2 N–H and O–H groups in total. The second-order valence-corrected chi connectivity index (χ2v) is 6.03. The summed E-state index contributed by atoms with van der Waals surface area (Å²) in [4.78, 5) is 14.2. The van der Waals surface area contributed by atoms with Gasteiger partial charge in [-0.1, -0.05) is 30.7 Å². The molecule has 0 bridgehead atoms. The van der Waals surface area contributed by atoms with Crippen molar-refractivity contribution in [3.63, 3.8) is 0 Å². The van der Waals surface area contributed by atoms with E-state index in [4.69, 9.17) is 10.5 Å². The second-order valence-electron chi connectivity index (χ2n) is 6.03. The molecule has 5 heteroatoms. The van der Waals surface area contributed by atoms with E-state index in [0.717, 1.165) is 23.7 Å². The Labute approximate surface area is 124 Å². The highest BCUT2D eigenvalue weighted by atomic mass is 16.7. The van der Waals surface area contributed by atoms with Crippen molar-refractivity contribution < 1.29 is 9.57 Å². The highest BCUT2D eigenvalue weighted by molar-refractivity contribution is 5.46. The summed E-state index contributed by atoms with van der Waals surface area (Å²) >= 11 is 0. The smallest absolute Gasteiger partial charge is 0.155 e. The van der Waals surface area contributed by atoms with Crippen molar-refractivity contribution in [2.45, 2.75) is 25.3 Å². The predicted octanol–water partition coefficient (Wildman–Crippen LogP) is 2.90. The zero-order valence-corrected chi connectivity index (χ0v) is 12.1. The molecule has 1 fully saturated rings. The van der Waals surface area contributed by atoms with E-state index in [1.807, 2.05) is 24.3 Å². The third-order valence-corrected chi connectivity index (χ3v) is 4.50. The lowest BCUT2D eigenvalue weighted by atomic mass is 9.66. The van der Waals surface area contributed by atoms with Crippen LogP contribution in [0.25, 0.3) is 0 Å². The van der Waals surface area contributed by atoms with Crippen LogP contribution in [0.15, 0.2) is 41.3 Å². The number of nitrogens with two attached hydrogens (primary N) is 1. The molecule has 21 heavy (non-hydrogen) atoms. The van der Waals surface area contributed by atoms with Crippen LogP contribution in [0.5, 0.6) is 5.75 Å². The first-order valence-electron chi connectivity index (χ1n) is 7.32. The standard InChI is InChI=1S/C16H20N2O3/c1-11-7-12-10-16(17,15(12)8-11)13-3-2-4-14(9-13)20-5-6-21-18-19/h2-4,9-11,15H,5-8,17H2,1H3. The first kappa shape index (κ1) is 14.1. The average Bonchev–Trinajstić information content (AvgIpc) is 2.80. The topological polar surface area (TPSA) is 73.9 Å². The molecule has 3 rings (SSSR count). The molecule has 0 spiro atoms. The molecular formula is C16H20N2O3. The van der Waals surface area contributed by atoms with Gasteiger partial charge in [-0.2, -0.15) is 0 Å². The van der Waals surface area contributed by atoms with E-state index in [1.54, 1.807) is 0 Å². The molecule has 0 heterocycles. The van der Waals surface area contributed by atoms with Crippen LogP contribution in [0, 0.1) is 16.7 Å². The van der Waals surface area contributed by atoms with Gasteiger partial charge in [0.1, 0.15) is 12.4 Å². The molecule has 0 radical (unpaired) electrons. The number of nitrogens with zero attached hydrogens (tertiary/aromatic N) is 1. The van der Waals surface area contributed by atoms with Crippen molar-refractivity contribution in [2.75, 3.05) is 13.2 Å². The molecule has 112 valence electrons. The van der Waals surface area contributed by atoms with Crippen molar-refractivity contribution in [2.24, 2.45) is 22.9 Å². The molecule has 0 saturated heterocycles. The molecular weight excluding hydrogens is 268 g/mol. The van der Waals surface area contributed by atoms with Crippen LogP contribution in [0.4, 0.5) is 0 Å². The lowest BCUT2D eigenvalue weighted by Crippen LogP contribution is -2.48. The fourth-order valence-electron chi connectivity index (χ4n) is 3.53. The highest BCUT2D eigenvalue weighted by Crippen LogP contribution is 2.53. The molecule has 0 aromatic heterocycles. The largest absolute Gasteiger partial charge is 0.490 e. The number of ether oxygens (including phenoxy) is 1. The van der Waals surface area contributed by atoms with Crippen LogP contribution < -0.4 is 10.5 Å². The van der Waals surface area contributed by atoms with E-state index in [1.165, 1.54) is 12.0 Å². The quantitative estimate of drug-likeness (QED) is 0.378. The maximum atomic E-state index is 9.83. The molecule has 0 amide bonds. The van der Waals surface area contributed by atoms with Crippen molar-refractivity contribution in [1.29, 1.82) is 0 Å². The summed E-state index contributed by atoms with van der Waals surface area (Å²) in [6, 6.07) is 7.85. The van der Waals surface area contributed by atoms with Gasteiger partial charge in [0.2, 0.25) is 0 Å². The van der Waals surface area contributed by atoms with E-state index < -0.39 is 0 Å². The highest BCUT2D eigenvalue weighted by Gasteiger charge is 2.48. The minimum atomic E-state index is -0.361. The lowest BCUT2D eigenvalue weighted by Gasteiger charge is -2.42. The fourth-order valence-corrected chi connectivity index (χ4v) is 3.53. The summed E-state index contributed by atoms with van der Waals surface area (Å²) in [7, 11) is 0. The molecule has 3 atom stereocenters. The molecule has 2 aliphatic rings. The predicted molar refractivity (Wildman–Crippen MR) is 79.5 cm³/mol. The lowest BCUT2D eigenvalue weighted by molar-refractivity contribution is 0.103. The normalized spacial score (nSPS) is 30.1. The molecule has 2 aliphatic carbocycles. The summed E-state index contributed by atoms with van der Waals surface area (Å²) in [6.45, 7) is 2.71. The Balaban J connectivity index is 1.71. The molecule has 0 aliphatic heterocycles. The van der Waals surface area contributed by atoms with Crippen LogP contribution in [0.2, 0.25) is 0 Å². The monoisotopic (exact) mass is 288 g/mol. The SMILES string of the molecule is CC1CC2=CC(N)(c3cccc(OCCON=O)c3)C2C1. The first-order valence-corrected chi connectivity index (χ1v) is 7.32. The molecule has 3 unspecified atom stereocenters. The van der Waals surface area contributed by atoms with Crippen LogP contribution in [-0.2, 0) is 10.4 Å². The van der Waals surface area contributed by atoms with Crippen LogP contribution in [0.3, 0.4) is 0 Å². The Morgan fingerprint density at radius 3 is 3.05 bits per heavy atom. The summed E-state index contributed by atoms with van der Waals surface area (Å²) < 4.78 is 5.54. The first-order chi connectivity index (χ1) is 10.1. The third-order valence-electron chi connectivity index (χ3n) is 4.50. The summed E-state index contributed by atoms with van der Waals surface area (Å²) in [5.74, 6) is 1.92. The van der Waals surface area contributed by atoms with E-state index in [-0.39, 0.29) is 18.8 Å². The van der Waals surface area contributed by atoms with Gasteiger partial charge in [-0.05, 0) is 36.5 Å². The minimum absolute atomic E-state index is 0.145. The zero-order chi connectivity index (χ0) is 14.9. The van der Waals surface area contributed by atoms with Gasteiger partial charge in [0.05, 0.1) is 5.54 Å². The van der Waals surface area contributed by atoms with Gasteiger partial charge in [0.15, 0.2) is 11.9 Å². The molecule has 1 aromatic rings. The number of fused-ring (bicyclic) bond motifs is 1. The van der Waals surface area contributed by atoms with E-state index in [9.17, 15) is 4.91 Å². The van der Waals surface area contributed by atoms with E-state index in [2.05, 4.69) is 23.2 Å². The van der Waals surface area contributed by atoms with Gasteiger partial charge in [-0.15, -0.1) is 4.91 Å². The van der Waals surface area contributed by atoms with E-state index in [0.29, 0.717) is 5.92 Å². The molecule has 1 aromatic carbocycles. The van der Waals surface area contributed by atoms with Gasteiger partial charge in [0, 0.05) is 5.92 Å². The summed E-state index contributed by atoms with van der Waals surface area (Å²) in [6.07, 6.45) is 4.54. The summed E-state index contributed by atoms with van der Waals surface area (Å²) in [5.41, 5.74) is 8.83. The van der Waals surface area contributed by atoms with Gasteiger partial charge < -0.3 is 15.3 Å². The Kier molecular flexibility index (Phi) is 3.68. The Hall–Kier alpha value is -1.88. The van der Waals surface area contributed by atoms with Crippen LogP contribution in [0.1, 0.15) is 25.3 Å². The Bertz CT molecular complexity index is 572. The summed E-state index contributed by atoms with van der Waals surface area (Å²) in [5, 5.41) is 2.33. The van der Waals surface area contributed by atoms with Crippen molar-refractivity contribution >= 4 is 0 Å². The third kappa shape index (κ3) is 2.53. The average molecular weight is 288 g/mol. The number of hydrogen-bond acceptors (Lipinski definition) is 5. The van der Waals surface area contributed by atoms with Gasteiger partial charge in [-0.25, -0.2) is 0 Å². The second kappa shape index (κ2) is 5.48. The zero-order valence-electron chi connectivity index (χ0n) is 12.1. The number of benzene rings is 1. The van der Waals surface area contributed by atoms with Crippen LogP contribution >= 0.6 is 0 Å².